The zero-order chi connectivity index (χ0) is 13.2. The van der Waals surface area contributed by atoms with Crippen LogP contribution in [0, 0.1) is 0 Å². The molecule has 0 amide bonds. The highest BCUT2D eigenvalue weighted by molar-refractivity contribution is 7.89. The predicted octanol–water partition coefficient (Wildman–Crippen LogP) is 1.03. The number of hydroxylamine groups is 1. The van der Waals surface area contributed by atoms with E-state index in [1.807, 2.05) is 0 Å². The second-order valence-electron chi connectivity index (χ2n) is 3.73. The lowest BCUT2D eigenvalue weighted by Crippen LogP contribution is -2.27. The van der Waals surface area contributed by atoms with Gasteiger partial charge in [-0.3, -0.25) is 4.84 Å². The van der Waals surface area contributed by atoms with Crippen molar-refractivity contribution in [2.75, 3.05) is 27.4 Å². The molecule has 1 aliphatic rings. The van der Waals surface area contributed by atoms with Crippen molar-refractivity contribution < 1.29 is 22.7 Å². The maximum Gasteiger partial charge on any atom is 0.268 e. The average Bonchev–Trinajstić information content (AvgIpc) is 2.92. The Morgan fingerprint density at radius 1 is 1.28 bits per heavy atom. The molecule has 1 saturated heterocycles. The average molecular weight is 273 g/mol. The Bertz CT molecular complexity index is 522. The third-order valence-corrected chi connectivity index (χ3v) is 4.34. The zero-order valence-corrected chi connectivity index (χ0v) is 11.1. The Morgan fingerprint density at radius 3 is 2.61 bits per heavy atom. The maximum absolute atomic E-state index is 12.3. The first-order valence-electron chi connectivity index (χ1n) is 5.47. The molecule has 0 unspecified atom stereocenters. The summed E-state index contributed by atoms with van der Waals surface area (Å²) in [6.07, 6.45) is 0.686. The van der Waals surface area contributed by atoms with E-state index in [0.29, 0.717) is 25.3 Å². The lowest BCUT2D eigenvalue weighted by molar-refractivity contribution is -0.0285. The summed E-state index contributed by atoms with van der Waals surface area (Å²) in [5.74, 6) is 0.722. The molecule has 6 nitrogen and oxygen atoms in total. The fourth-order valence-corrected chi connectivity index (χ4v) is 3.18. The van der Waals surface area contributed by atoms with Crippen molar-refractivity contribution >= 4 is 10.0 Å². The number of hydrogen-bond donors (Lipinski definition) is 0. The van der Waals surface area contributed by atoms with Crippen LogP contribution in [-0.4, -0.2) is 40.3 Å². The van der Waals surface area contributed by atoms with Crippen LogP contribution in [0.1, 0.15) is 6.42 Å². The summed E-state index contributed by atoms with van der Waals surface area (Å²) < 4.78 is 35.8. The molecule has 1 aromatic rings. The topological polar surface area (TPSA) is 65.1 Å². The van der Waals surface area contributed by atoms with Crippen LogP contribution in [0.4, 0.5) is 0 Å². The van der Waals surface area contributed by atoms with E-state index in [0.717, 1.165) is 4.47 Å². The van der Waals surface area contributed by atoms with Gasteiger partial charge in [0, 0.05) is 12.6 Å². The van der Waals surface area contributed by atoms with Crippen LogP contribution < -0.4 is 9.47 Å². The van der Waals surface area contributed by atoms with Gasteiger partial charge in [0.25, 0.3) is 10.0 Å². The van der Waals surface area contributed by atoms with E-state index in [4.69, 9.17) is 14.3 Å². The van der Waals surface area contributed by atoms with E-state index < -0.39 is 10.0 Å². The van der Waals surface area contributed by atoms with Crippen LogP contribution in [0.3, 0.4) is 0 Å². The lowest BCUT2D eigenvalue weighted by atomic mass is 10.3. The number of benzene rings is 1. The summed E-state index contributed by atoms with van der Waals surface area (Å²) >= 11 is 0. The van der Waals surface area contributed by atoms with Crippen molar-refractivity contribution in [3.8, 4) is 11.5 Å². The summed E-state index contributed by atoms with van der Waals surface area (Å²) in [4.78, 5) is 5.14. The highest BCUT2D eigenvalue weighted by Gasteiger charge is 2.31. The SMILES string of the molecule is COc1ccc(OC)c(S(=O)(=O)N2CCCO2)c1. The Hall–Kier alpha value is -1.31. The summed E-state index contributed by atoms with van der Waals surface area (Å²) in [7, 11) is -0.809. The molecular formula is C11H15NO5S. The third-order valence-electron chi connectivity index (χ3n) is 2.64. The third kappa shape index (κ3) is 2.29. The van der Waals surface area contributed by atoms with Gasteiger partial charge in [0.15, 0.2) is 0 Å². The van der Waals surface area contributed by atoms with Crippen molar-refractivity contribution in [3.05, 3.63) is 18.2 Å². The monoisotopic (exact) mass is 273 g/mol. The summed E-state index contributed by atoms with van der Waals surface area (Å²) in [5, 5.41) is 0. The first kappa shape index (κ1) is 13.1. The van der Waals surface area contributed by atoms with Gasteiger partial charge in [0.2, 0.25) is 0 Å². The number of ether oxygens (including phenoxy) is 2. The van der Waals surface area contributed by atoms with Gasteiger partial charge in [-0.15, -0.1) is 0 Å². The summed E-state index contributed by atoms with van der Waals surface area (Å²) in [6.45, 7) is 0.758. The smallest absolute Gasteiger partial charge is 0.268 e. The molecule has 18 heavy (non-hydrogen) atoms. The molecule has 0 bridgehead atoms. The molecule has 100 valence electrons. The van der Waals surface area contributed by atoms with Crippen LogP contribution in [0.25, 0.3) is 0 Å². The van der Waals surface area contributed by atoms with E-state index in [2.05, 4.69) is 0 Å². The molecule has 2 rings (SSSR count). The van der Waals surface area contributed by atoms with Crippen molar-refractivity contribution in [1.82, 2.24) is 4.47 Å². The van der Waals surface area contributed by atoms with E-state index >= 15 is 0 Å². The Morgan fingerprint density at radius 2 is 2.06 bits per heavy atom. The normalized spacial score (nSPS) is 16.8. The molecule has 1 aliphatic heterocycles. The molecular weight excluding hydrogens is 258 g/mol. The van der Waals surface area contributed by atoms with Crippen LogP contribution in [0.5, 0.6) is 11.5 Å². The van der Waals surface area contributed by atoms with Gasteiger partial charge in [0.05, 0.1) is 20.8 Å². The summed E-state index contributed by atoms with van der Waals surface area (Å²) in [6, 6.07) is 4.63. The molecule has 0 saturated carbocycles. The minimum absolute atomic E-state index is 0.0475. The quantitative estimate of drug-likeness (QED) is 0.819. The molecule has 0 radical (unpaired) electrons. The Kier molecular flexibility index (Phi) is 3.74. The summed E-state index contributed by atoms with van der Waals surface area (Å²) in [5.41, 5.74) is 0. The molecule has 7 heteroatoms. The van der Waals surface area contributed by atoms with E-state index in [9.17, 15) is 8.42 Å². The second kappa shape index (κ2) is 5.13. The second-order valence-corrected chi connectivity index (χ2v) is 5.53. The molecule has 1 aromatic carbocycles. The van der Waals surface area contributed by atoms with Crippen LogP contribution in [-0.2, 0) is 14.9 Å². The predicted molar refractivity (Wildman–Crippen MR) is 64.0 cm³/mol. The van der Waals surface area contributed by atoms with Crippen LogP contribution >= 0.6 is 0 Å². The highest BCUT2D eigenvalue weighted by atomic mass is 32.2. The Balaban J connectivity index is 2.47. The molecule has 1 fully saturated rings. The standard InChI is InChI=1S/C11H15NO5S/c1-15-9-4-5-10(16-2)11(8-9)18(13,14)12-6-3-7-17-12/h4-5,8H,3,6-7H2,1-2H3. The van der Waals surface area contributed by atoms with Gasteiger partial charge in [-0.2, -0.15) is 0 Å². The number of nitrogens with zero attached hydrogens (tertiary/aromatic N) is 1. The van der Waals surface area contributed by atoms with Crippen molar-refractivity contribution in [1.29, 1.82) is 0 Å². The number of hydrogen-bond acceptors (Lipinski definition) is 5. The van der Waals surface area contributed by atoms with Gasteiger partial charge >= 0.3 is 0 Å². The largest absolute Gasteiger partial charge is 0.497 e. The molecule has 0 N–H and O–H groups in total. The van der Waals surface area contributed by atoms with E-state index in [1.54, 1.807) is 12.1 Å². The molecule has 0 aliphatic carbocycles. The number of sulfonamides is 1. The van der Waals surface area contributed by atoms with Crippen molar-refractivity contribution in [3.63, 3.8) is 0 Å². The van der Waals surface area contributed by atoms with Gasteiger partial charge in [-0.05, 0) is 18.6 Å². The molecule has 0 spiro atoms. The molecule has 0 aromatic heterocycles. The first-order chi connectivity index (χ1) is 8.59. The van der Waals surface area contributed by atoms with Crippen LogP contribution in [0.15, 0.2) is 23.1 Å². The number of rotatable bonds is 4. The minimum Gasteiger partial charge on any atom is -0.497 e. The van der Waals surface area contributed by atoms with Crippen molar-refractivity contribution in [2.24, 2.45) is 0 Å². The van der Waals surface area contributed by atoms with E-state index in [-0.39, 0.29) is 10.6 Å². The maximum atomic E-state index is 12.3. The molecule has 1 heterocycles. The van der Waals surface area contributed by atoms with Crippen LogP contribution in [0.2, 0.25) is 0 Å². The zero-order valence-electron chi connectivity index (χ0n) is 10.3. The fraction of sp³-hybridized carbons (Fsp3) is 0.455. The first-order valence-corrected chi connectivity index (χ1v) is 6.91. The number of methoxy groups -OCH3 is 2. The van der Waals surface area contributed by atoms with E-state index in [1.165, 1.54) is 20.3 Å². The van der Waals surface area contributed by atoms with Gasteiger partial charge in [0.1, 0.15) is 16.4 Å². The molecule has 0 atom stereocenters. The fourth-order valence-electron chi connectivity index (χ4n) is 1.71. The van der Waals surface area contributed by atoms with Gasteiger partial charge in [-0.1, -0.05) is 4.47 Å². The Labute approximate surface area is 106 Å². The van der Waals surface area contributed by atoms with Gasteiger partial charge in [-0.25, -0.2) is 8.42 Å². The lowest BCUT2D eigenvalue weighted by Gasteiger charge is -2.17. The van der Waals surface area contributed by atoms with Crippen molar-refractivity contribution in [2.45, 2.75) is 11.3 Å². The van der Waals surface area contributed by atoms with Gasteiger partial charge < -0.3 is 9.47 Å². The highest BCUT2D eigenvalue weighted by Crippen LogP contribution is 2.31. The minimum atomic E-state index is -3.71.